The number of benzene rings is 1. The molecule has 152 valence electrons. The maximum Gasteiger partial charge on any atom is 0.336 e. The van der Waals surface area contributed by atoms with Crippen molar-refractivity contribution in [3.8, 4) is 11.3 Å². The predicted molar refractivity (Wildman–Crippen MR) is 110 cm³/mol. The largest absolute Gasteiger partial charge is 0.481 e. The van der Waals surface area contributed by atoms with Gasteiger partial charge in [-0.3, -0.25) is 4.79 Å². The van der Waals surface area contributed by atoms with Gasteiger partial charge in [0.25, 0.3) is 0 Å². The number of hydrogen-bond donors (Lipinski definition) is 2. The van der Waals surface area contributed by atoms with Crippen LogP contribution in [0, 0.1) is 0 Å². The number of nitrogens with zero attached hydrogens (tertiary/aromatic N) is 3. The van der Waals surface area contributed by atoms with E-state index in [1.807, 2.05) is 45.0 Å². The lowest BCUT2D eigenvalue weighted by atomic mass is 10.0. The molecule has 2 heterocycles. The summed E-state index contributed by atoms with van der Waals surface area (Å²) in [6.45, 7) is 7.98. The van der Waals surface area contributed by atoms with Crippen molar-refractivity contribution < 1.29 is 19.8 Å². The molecule has 0 spiro atoms. The number of hydrogen-bond acceptors (Lipinski definition) is 4. The molecule has 0 saturated heterocycles. The predicted octanol–water partition coefficient (Wildman–Crippen LogP) is 4.13. The van der Waals surface area contributed by atoms with Crippen LogP contribution < -0.4 is 0 Å². The number of pyridine rings is 1. The molecule has 0 aliphatic carbocycles. The van der Waals surface area contributed by atoms with Crippen LogP contribution in [0.1, 0.15) is 55.7 Å². The van der Waals surface area contributed by atoms with Crippen molar-refractivity contribution in [2.24, 2.45) is 0 Å². The molecule has 0 fully saturated rings. The fraction of sp³-hybridized carbons (Fsp3) is 0.364. The van der Waals surface area contributed by atoms with E-state index < -0.39 is 17.5 Å². The first-order chi connectivity index (χ1) is 13.6. The lowest BCUT2D eigenvalue weighted by Crippen LogP contribution is -2.23. The molecule has 0 bridgehead atoms. The Hall–Kier alpha value is -3.22. The van der Waals surface area contributed by atoms with Crippen LogP contribution >= 0.6 is 0 Å². The molecule has 0 atom stereocenters. The van der Waals surface area contributed by atoms with Crippen molar-refractivity contribution in [2.45, 2.75) is 52.5 Å². The van der Waals surface area contributed by atoms with Gasteiger partial charge in [-0.1, -0.05) is 31.2 Å². The summed E-state index contributed by atoms with van der Waals surface area (Å²) in [5.41, 5.74) is 3.09. The summed E-state index contributed by atoms with van der Waals surface area (Å²) in [6, 6.07) is 9.36. The quantitative estimate of drug-likeness (QED) is 0.650. The molecule has 2 N–H and O–H groups in total. The Morgan fingerprint density at radius 1 is 1.10 bits per heavy atom. The Bertz CT molecular complexity index is 1080. The van der Waals surface area contributed by atoms with Crippen LogP contribution in [-0.2, 0) is 23.2 Å². The normalized spacial score (nSPS) is 11.7. The van der Waals surface area contributed by atoms with Gasteiger partial charge in [-0.2, -0.15) is 5.10 Å². The number of fused-ring (bicyclic) bond motifs is 1. The van der Waals surface area contributed by atoms with Gasteiger partial charge in [-0.05, 0) is 38.8 Å². The van der Waals surface area contributed by atoms with Gasteiger partial charge >= 0.3 is 11.9 Å². The zero-order valence-electron chi connectivity index (χ0n) is 17.1. The topological polar surface area (TPSA) is 105 Å². The summed E-state index contributed by atoms with van der Waals surface area (Å²) in [7, 11) is 0. The fourth-order valence-corrected chi connectivity index (χ4v) is 3.27. The number of carbonyl (C=O) groups is 2. The van der Waals surface area contributed by atoms with E-state index in [-0.39, 0.29) is 18.4 Å². The minimum Gasteiger partial charge on any atom is -0.481 e. The molecular weight excluding hydrogens is 370 g/mol. The molecule has 0 aliphatic rings. The maximum absolute atomic E-state index is 12.1. The van der Waals surface area contributed by atoms with Crippen molar-refractivity contribution in [3.63, 3.8) is 0 Å². The highest BCUT2D eigenvalue weighted by molar-refractivity contribution is 6.07. The Balaban J connectivity index is 2.31. The molecule has 3 aromatic rings. The highest BCUT2D eigenvalue weighted by Crippen LogP contribution is 2.33. The van der Waals surface area contributed by atoms with Gasteiger partial charge in [0.1, 0.15) is 5.69 Å². The van der Waals surface area contributed by atoms with Crippen molar-refractivity contribution in [3.05, 3.63) is 47.2 Å². The van der Waals surface area contributed by atoms with Crippen LogP contribution in [0.25, 0.3) is 22.3 Å². The highest BCUT2D eigenvalue weighted by Gasteiger charge is 2.26. The molecule has 3 rings (SSSR count). The Labute approximate surface area is 169 Å². The van der Waals surface area contributed by atoms with E-state index in [1.54, 1.807) is 4.68 Å². The van der Waals surface area contributed by atoms with Gasteiger partial charge in [0, 0.05) is 17.7 Å². The summed E-state index contributed by atoms with van der Waals surface area (Å²) in [4.78, 5) is 27.6. The average molecular weight is 395 g/mol. The molecule has 29 heavy (non-hydrogen) atoms. The molecule has 0 unspecified atom stereocenters. The number of aryl methyl sites for hydroxylation is 2. The van der Waals surface area contributed by atoms with Crippen molar-refractivity contribution in [1.29, 1.82) is 0 Å². The van der Waals surface area contributed by atoms with E-state index in [2.05, 4.69) is 11.9 Å². The van der Waals surface area contributed by atoms with Gasteiger partial charge < -0.3 is 10.2 Å². The Morgan fingerprint density at radius 3 is 2.28 bits per heavy atom. The molecule has 7 heteroatoms. The second kappa shape index (κ2) is 7.66. The SMILES string of the molecule is CCc1ccc(-c2nn(C(C)(C)C)c3nc(CCC(=O)O)cc(C(=O)O)c23)cc1. The summed E-state index contributed by atoms with van der Waals surface area (Å²) >= 11 is 0. The lowest BCUT2D eigenvalue weighted by Gasteiger charge is -2.20. The van der Waals surface area contributed by atoms with Crippen LogP contribution in [0.3, 0.4) is 0 Å². The zero-order valence-corrected chi connectivity index (χ0v) is 17.1. The minimum absolute atomic E-state index is 0.0838. The van der Waals surface area contributed by atoms with E-state index in [4.69, 9.17) is 10.2 Å². The van der Waals surface area contributed by atoms with E-state index in [0.717, 1.165) is 12.0 Å². The number of rotatable bonds is 6. The lowest BCUT2D eigenvalue weighted by molar-refractivity contribution is -0.136. The molecular formula is C22H25N3O4. The number of carboxylic acid groups (broad SMARTS) is 2. The van der Waals surface area contributed by atoms with Crippen LogP contribution in [0.15, 0.2) is 30.3 Å². The summed E-state index contributed by atoms with van der Waals surface area (Å²) in [5.74, 6) is -2.04. The average Bonchev–Trinajstić information content (AvgIpc) is 3.05. The molecule has 7 nitrogen and oxygen atoms in total. The third-order valence-electron chi connectivity index (χ3n) is 4.79. The first kappa shape index (κ1) is 20.5. The van der Waals surface area contributed by atoms with Gasteiger partial charge in [0.2, 0.25) is 0 Å². The van der Waals surface area contributed by atoms with E-state index in [1.165, 1.54) is 11.6 Å². The van der Waals surface area contributed by atoms with E-state index in [0.29, 0.717) is 22.4 Å². The van der Waals surface area contributed by atoms with Gasteiger partial charge in [-0.15, -0.1) is 0 Å². The minimum atomic E-state index is -1.09. The fourth-order valence-electron chi connectivity index (χ4n) is 3.27. The van der Waals surface area contributed by atoms with E-state index in [9.17, 15) is 14.7 Å². The van der Waals surface area contributed by atoms with Crippen LogP contribution in [0.2, 0.25) is 0 Å². The third kappa shape index (κ3) is 4.13. The smallest absolute Gasteiger partial charge is 0.336 e. The van der Waals surface area contributed by atoms with Crippen LogP contribution in [0.5, 0.6) is 0 Å². The molecule has 2 aromatic heterocycles. The number of aromatic carboxylic acids is 1. The molecule has 0 saturated carbocycles. The van der Waals surface area contributed by atoms with Gasteiger partial charge in [0.05, 0.1) is 22.9 Å². The molecule has 0 aliphatic heterocycles. The van der Waals surface area contributed by atoms with Crippen molar-refractivity contribution >= 4 is 23.0 Å². The molecule has 0 amide bonds. The standard InChI is InChI=1S/C22H25N3O4/c1-5-13-6-8-14(9-7-13)19-18-16(21(28)29)12-15(10-11-17(26)27)23-20(18)25(24-19)22(2,3)4/h6-9,12H,5,10-11H2,1-4H3,(H,26,27)(H,28,29). The monoisotopic (exact) mass is 395 g/mol. The highest BCUT2D eigenvalue weighted by atomic mass is 16.4. The summed E-state index contributed by atoms with van der Waals surface area (Å²) in [6.07, 6.45) is 0.945. The van der Waals surface area contributed by atoms with Gasteiger partial charge in [0.15, 0.2) is 5.65 Å². The second-order valence-corrected chi connectivity index (χ2v) is 8.04. The first-order valence-corrected chi connectivity index (χ1v) is 9.59. The van der Waals surface area contributed by atoms with Crippen molar-refractivity contribution in [1.82, 2.24) is 14.8 Å². The number of aliphatic carboxylic acids is 1. The van der Waals surface area contributed by atoms with Gasteiger partial charge in [-0.25, -0.2) is 14.5 Å². The molecule has 0 radical (unpaired) electrons. The maximum atomic E-state index is 12.1. The summed E-state index contributed by atoms with van der Waals surface area (Å²) < 4.78 is 1.72. The molecule has 1 aromatic carbocycles. The number of carboxylic acids is 2. The third-order valence-corrected chi connectivity index (χ3v) is 4.79. The van der Waals surface area contributed by atoms with Crippen LogP contribution in [-0.4, -0.2) is 36.9 Å². The summed E-state index contributed by atoms with van der Waals surface area (Å²) in [5, 5.41) is 24.1. The number of aromatic nitrogens is 3. The first-order valence-electron chi connectivity index (χ1n) is 9.59. The Morgan fingerprint density at radius 2 is 1.76 bits per heavy atom. The second-order valence-electron chi connectivity index (χ2n) is 8.04. The van der Waals surface area contributed by atoms with Crippen LogP contribution in [0.4, 0.5) is 0 Å². The van der Waals surface area contributed by atoms with Crippen molar-refractivity contribution in [2.75, 3.05) is 0 Å². The van der Waals surface area contributed by atoms with E-state index >= 15 is 0 Å². The zero-order chi connectivity index (χ0) is 21.3. The Kier molecular flexibility index (Phi) is 5.42.